The Bertz CT molecular complexity index is 7.61. The first-order chi connectivity index (χ1) is 0. The molecule has 0 aromatic carbocycles. The monoisotopic (exact) mass is 212 g/mol. The maximum atomic E-state index is 0. The molecule has 2 nitrogen and oxygen atoms in total. The topological polar surface area (TPSA) is 66.0 Å². The van der Waals surface area contributed by atoms with Crippen LogP contribution in [0.1, 0.15) is 0 Å². The Hall–Kier alpha value is 1.44. The smallest absolute Gasteiger partial charge is 0 e. The molecule has 0 heterocycles. The summed E-state index contributed by atoms with van der Waals surface area (Å²) < 4.78 is 0. The van der Waals surface area contributed by atoms with E-state index in [1.54, 1.807) is 0 Å². The molecule has 0 saturated heterocycles. The number of hydrogen-bond acceptors (Lipinski definition) is 0. The van der Waals surface area contributed by atoms with Gasteiger partial charge in [-0.2, -0.15) is 19.8 Å². The van der Waals surface area contributed by atoms with E-state index >= 15 is 0 Å². The van der Waals surface area contributed by atoms with Gasteiger partial charge in [0.2, 0.25) is 0 Å². The third kappa shape index (κ3) is 31.0. The molecule has 0 rings (SSSR count). The Labute approximate surface area is 51.6 Å². The summed E-state index contributed by atoms with van der Waals surface area (Å²) >= 11 is 0. The van der Waals surface area contributed by atoms with Crippen molar-refractivity contribution in [1.82, 2.24) is 0 Å². The molecular weight excluding hydrogens is 200 g/mol. The second kappa shape index (κ2) is 51.6. The van der Waals surface area contributed by atoms with Gasteiger partial charge >= 0.3 is 0 Å². The molecule has 0 aliphatic heterocycles. The SMILES string of the molecule is P.P.[OH3+].[OH3+].[Pd]. The molecule has 0 aromatic rings. The van der Waals surface area contributed by atoms with Gasteiger partial charge < -0.3 is 11.0 Å². The van der Waals surface area contributed by atoms with Crippen molar-refractivity contribution in [2.45, 2.75) is 0 Å². The van der Waals surface area contributed by atoms with E-state index in [-0.39, 0.29) is 51.2 Å². The van der Waals surface area contributed by atoms with Crippen molar-refractivity contribution in [3.63, 3.8) is 0 Å². The molecule has 2 unspecified atom stereocenters. The van der Waals surface area contributed by atoms with E-state index in [1.165, 1.54) is 0 Å². The van der Waals surface area contributed by atoms with Gasteiger partial charge in [0.25, 0.3) is 0 Å². The Kier molecular flexibility index (Phi) is 947. The van der Waals surface area contributed by atoms with Gasteiger partial charge in [-0.3, -0.25) is 0 Å². The Balaban J connectivity index is 0. The van der Waals surface area contributed by atoms with Crippen molar-refractivity contribution in [1.29, 1.82) is 0 Å². The molecule has 0 aliphatic rings. The van der Waals surface area contributed by atoms with Crippen LogP contribution in [-0.2, 0) is 31.4 Å². The molecule has 0 saturated carbocycles. The summed E-state index contributed by atoms with van der Waals surface area (Å²) in [7, 11) is 0. The number of hydrogen-bond donors (Lipinski definition) is 0. The maximum absolute atomic E-state index is 0. The molecule has 5 heteroatoms. The summed E-state index contributed by atoms with van der Waals surface area (Å²) in [6, 6.07) is 0. The molecule has 0 fully saturated rings. The van der Waals surface area contributed by atoms with Gasteiger partial charge in [-0.25, -0.2) is 0 Å². The quantitative estimate of drug-likeness (QED) is 0.260. The molecule has 0 aromatic heterocycles. The van der Waals surface area contributed by atoms with Gasteiger partial charge in [0.1, 0.15) is 0 Å². The molecule has 0 spiro atoms. The van der Waals surface area contributed by atoms with Gasteiger partial charge in [0.05, 0.1) is 0 Å². The zero-order valence-electron chi connectivity index (χ0n) is 2.89. The van der Waals surface area contributed by atoms with Gasteiger partial charge in [-0.15, -0.1) is 0 Å². The first kappa shape index (κ1) is 91.7. The third-order valence-electron chi connectivity index (χ3n) is 0. The van der Waals surface area contributed by atoms with Crippen LogP contribution in [-0.4, -0.2) is 0 Å². The van der Waals surface area contributed by atoms with Gasteiger partial charge in [-0.05, 0) is 0 Å². The summed E-state index contributed by atoms with van der Waals surface area (Å²) in [5, 5.41) is 0. The Morgan fingerprint density at radius 2 is 0.600 bits per heavy atom. The fourth-order valence-electron chi connectivity index (χ4n) is 0. The summed E-state index contributed by atoms with van der Waals surface area (Å²) in [6.07, 6.45) is 0. The molecule has 5 heavy (non-hydrogen) atoms. The van der Waals surface area contributed by atoms with Crippen molar-refractivity contribution in [2.75, 3.05) is 0 Å². The zero-order valence-corrected chi connectivity index (χ0v) is 7.27. The summed E-state index contributed by atoms with van der Waals surface area (Å²) in [5.74, 6) is 0. The summed E-state index contributed by atoms with van der Waals surface area (Å²) in [5.41, 5.74) is 0. The third-order valence-corrected chi connectivity index (χ3v) is 0. The van der Waals surface area contributed by atoms with Crippen LogP contribution in [0.3, 0.4) is 0 Å². The molecule has 0 aliphatic carbocycles. The molecule has 42 valence electrons. The van der Waals surface area contributed by atoms with Crippen LogP contribution >= 0.6 is 19.8 Å². The average molecular weight is 212 g/mol. The fraction of sp³-hybridized carbons (Fsp3) is 0. The maximum Gasteiger partial charge on any atom is 0 e. The predicted molar refractivity (Wildman–Crippen MR) is 32.0 cm³/mol. The first-order valence-electron chi connectivity index (χ1n) is 0. The molecule has 2 atom stereocenters. The number of rotatable bonds is 0. The average Bonchev–Trinajstić information content (AvgIpc) is 0. The van der Waals surface area contributed by atoms with E-state index in [2.05, 4.69) is 0 Å². The van der Waals surface area contributed by atoms with E-state index in [4.69, 9.17) is 0 Å². The Morgan fingerprint density at radius 3 is 0.600 bits per heavy atom. The van der Waals surface area contributed by atoms with Crippen LogP contribution in [0.25, 0.3) is 0 Å². The zero-order chi connectivity index (χ0) is 0. The first-order valence-corrected chi connectivity index (χ1v) is 0. The van der Waals surface area contributed by atoms with Gasteiger partial charge in [0.15, 0.2) is 0 Å². The summed E-state index contributed by atoms with van der Waals surface area (Å²) in [6.45, 7) is 0. The van der Waals surface area contributed by atoms with Crippen molar-refractivity contribution in [2.24, 2.45) is 0 Å². The van der Waals surface area contributed by atoms with Crippen LogP contribution < -0.4 is 0 Å². The fourth-order valence-corrected chi connectivity index (χ4v) is 0. The minimum absolute atomic E-state index is 0. The van der Waals surface area contributed by atoms with Gasteiger partial charge in [0, 0.05) is 20.4 Å². The van der Waals surface area contributed by atoms with Crippen molar-refractivity contribution in [3.05, 3.63) is 0 Å². The van der Waals surface area contributed by atoms with Crippen LogP contribution in [0.4, 0.5) is 0 Å². The molecule has 0 amide bonds. The van der Waals surface area contributed by atoms with Crippen molar-refractivity contribution < 1.29 is 31.4 Å². The van der Waals surface area contributed by atoms with E-state index < -0.39 is 0 Å². The second-order valence-electron chi connectivity index (χ2n) is 0. The van der Waals surface area contributed by atoms with E-state index in [9.17, 15) is 0 Å². The molecule has 6 N–H and O–H groups in total. The molecule has 0 radical (unpaired) electrons. The van der Waals surface area contributed by atoms with Crippen LogP contribution in [0.2, 0.25) is 0 Å². The van der Waals surface area contributed by atoms with E-state index in [1.807, 2.05) is 0 Å². The second-order valence-corrected chi connectivity index (χ2v) is 0. The Morgan fingerprint density at radius 1 is 0.600 bits per heavy atom. The standard InChI is InChI=1S/2H2O.2H3P.Pd/h2*1H2;2*1H3;/p+2. The minimum Gasteiger partial charge on any atom is -0.457 e. The van der Waals surface area contributed by atoms with E-state index in [0.29, 0.717) is 0 Å². The van der Waals surface area contributed by atoms with Crippen LogP contribution in [0, 0.1) is 0 Å². The normalized spacial score (nSPS) is 0. The summed E-state index contributed by atoms with van der Waals surface area (Å²) in [4.78, 5) is 0. The predicted octanol–water partition coefficient (Wildman–Crippen LogP) is -1.73. The van der Waals surface area contributed by atoms with Crippen LogP contribution in [0.15, 0.2) is 0 Å². The van der Waals surface area contributed by atoms with Crippen LogP contribution in [0.5, 0.6) is 0 Å². The largest absolute Gasteiger partial charge is 0.457 e. The molecular formula is H12O2P2Pd+2. The minimum atomic E-state index is 0. The van der Waals surface area contributed by atoms with E-state index in [0.717, 1.165) is 0 Å². The molecule has 0 bridgehead atoms. The van der Waals surface area contributed by atoms with Crippen molar-refractivity contribution >= 4 is 19.8 Å². The van der Waals surface area contributed by atoms with Crippen molar-refractivity contribution in [3.8, 4) is 0 Å². The van der Waals surface area contributed by atoms with Gasteiger partial charge in [-0.1, -0.05) is 0 Å².